The van der Waals surface area contributed by atoms with E-state index in [2.05, 4.69) is 10.1 Å². The highest BCUT2D eigenvalue weighted by molar-refractivity contribution is 6.33. The van der Waals surface area contributed by atoms with Crippen LogP contribution in [0.15, 0.2) is 18.2 Å². The van der Waals surface area contributed by atoms with E-state index in [0.29, 0.717) is 5.69 Å². The first kappa shape index (κ1) is 14.8. The van der Waals surface area contributed by atoms with Gasteiger partial charge in [-0.25, -0.2) is 4.79 Å². The summed E-state index contributed by atoms with van der Waals surface area (Å²) < 4.78 is 4.64. The van der Waals surface area contributed by atoms with Crippen LogP contribution in [0.4, 0.5) is 5.69 Å². The van der Waals surface area contributed by atoms with Crippen LogP contribution in [0.5, 0.6) is 0 Å². The van der Waals surface area contributed by atoms with Crippen molar-refractivity contribution in [3.63, 3.8) is 0 Å². The van der Waals surface area contributed by atoms with Gasteiger partial charge >= 0.3 is 5.97 Å². The quantitative estimate of drug-likeness (QED) is 0.838. The first-order chi connectivity index (χ1) is 9.52. The smallest absolute Gasteiger partial charge is 0.339 e. The molecule has 0 spiro atoms. The van der Waals surface area contributed by atoms with E-state index in [-0.39, 0.29) is 28.5 Å². The fraction of sp³-hybridized carbons (Fsp3) is 0.429. The average molecular weight is 297 g/mol. The third-order valence-electron chi connectivity index (χ3n) is 3.55. The Labute approximate surface area is 122 Å². The van der Waals surface area contributed by atoms with Crippen LogP contribution < -0.4 is 11.1 Å². The summed E-state index contributed by atoms with van der Waals surface area (Å²) in [7, 11) is 1.28. The molecule has 1 amide bonds. The maximum atomic E-state index is 12.1. The third-order valence-corrected chi connectivity index (χ3v) is 3.87. The Morgan fingerprint density at radius 2 is 2.15 bits per heavy atom. The first-order valence-electron chi connectivity index (χ1n) is 6.47. The Bertz CT molecular complexity index is 533. The van der Waals surface area contributed by atoms with Crippen LogP contribution >= 0.6 is 11.6 Å². The van der Waals surface area contributed by atoms with Gasteiger partial charge in [0.1, 0.15) is 0 Å². The normalized spacial score (nSPS) is 21.6. The molecule has 1 aromatic rings. The van der Waals surface area contributed by atoms with E-state index in [1.54, 1.807) is 12.1 Å². The Morgan fingerprint density at radius 1 is 1.40 bits per heavy atom. The number of esters is 1. The van der Waals surface area contributed by atoms with Crippen LogP contribution in [0.1, 0.15) is 29.6 Å². The molecule has 0 saturated heterocycles. The maximum Gasteiger partial charge on any atom is 0.339 e. The minimum atomic E-state index is -0.538. The van der Waals surface area contributed by atoms with Gasteiger partial charge in [0.2, 0.25) is 5.91 Å². The molecular weight excluding hydrogens is 280 g/mol. The van der Waals surface area contributed by atoms with Crippen molar-refractivity contribution >= 4 is 29.2 Å². The standard InChI is InChI=1S/C14H17ClN2O3/c1-20-14(19)10-7-8(5-6-11(10)15)17-13(18)9-3-2-4-12(9)16/h5-7,9,12H,2-4,16H2,1H3,(H,17,18). The van der Waals surface area contributed by atoms with E-state index in [1.807, 2.05) is 0 Å². The number of nitrogens with one attached hydrogen (secondary N) is 1. The zero-order valence-corrected chi connectivity index (χ0v) is 11.9. The number of nitrogens with two attached hydrogens (primary N) is 1. The number of halogens is 1. The van der Waals surface area contributed by atoms with Gasteiger partial charge in [0, 0.05) is 11.7 Å². The second-order valence-corrected chi connectivity index (χ2v) is 5.28. The van der Waals surface area contributed by atoms with E-state index in [4.69, 9.17) is 17.3 Å². The Balaban J connectivity index is 2.13. The van der Waals surface area contributed by atoms with Gasteiger partial charge in [-0.05, 0) is 31.0 Å². The van der Waals surface area contributed by atoms with E-state index in [1.165, 1.54) is 13.2 Å². The van der Waals surface area contributed by atoms with Crippen LogP contribution in [0.2, 0.25) is 5.02 Å². The zero-order chi connectivity index (χ0) is 14.7. The molecule has 1 aromatic carbocycles. The van der Waals surface area contributed by atoms with Gasteiger partial charge < -0.3 is 15.8 Å². The van der Waals surface area contributed by atoms with E-state index < -0.39 is 5.97 Å². The largest absolute Gasteiger partial charge is 0.465 e. The molecule has 20 heavy (non-hydrogen) atoms. The summed E-state index contributed by atoms with van der Waals surface area (Å²) in [6.45, 7) is 0. The summed E-state index contributed by atoms with van der Waals surface area (Å²) in [6.07, 6.45) is 2.63. The number of rotatable bonds is 3. The molecule has 1 saturated carbocycles. The summed E-state index contributed by atoms with van der Waals surface area (Å²) in [6, 6.07) is 4.61. The number of carbonyl (C=O) groups excluding carboxylic acids is 2. The van der Waals surface area contributed by atoms with Crippen molar-refractivity contribution in [2.45, 2.75) is 25.3 Å². The number of hydrogen-bond acceptors (Lipinski definition) is 4. The van der Waals surface area contributed by atoms with Crippen molar-refractivity contribution in [1.29, 1.82) is 0 Å². The van der Waals surface area contributed by atoms with Gasteiger partial charge in [-0.3, -0.25) is 4.79 Å². The van der Waals surface area contributed by atoms with Crippen molar-refractivity contribution in [3.05, 3.63) is 28.8 Å². The lowest BCUT2D eigenvalue weighted by Crippen LogP contribution is -2.34. The highest BCUT2D eigenvalue weighted by Gasteiger charge is 2.30. The lowest BCUT2D eigenvalue weighted by Gasteiger charge is -2.15. The summed E-state index contributed by atoms with van der Waals surface area (Å²) in [5.74, 6) is -0.830. The molecule has 1 aliphatic rings. The van der Waals surface area contributed by atoms with Gasteiger partial charge in [-0.15, -0.1) is 0 Å². The number of amides is 1. The predicted octanol–water partition coefficient (Wildman–Crippen LogP) is 2.19. The molecular formula is C14H17ClN2O3. The van der Waals surface area contributed by atoms with Gasteiger partial charge in [0.25, 0.3) is 0 Å². The van der Waals surface area contributed by atoms with Crippen LogP contribution in [-0.2, 0) is 9.53 Å². The predicted molar refractivity (Wildman–Crippen MR) is 76.7 cm³/mol. The maximum absolute atomic E-state index is 12.1. The molecule has 6 heteroatoms. The summed E-state index contributed by atoms with van der Waals surface area (Å²) in [5, 5.41) is 3.06. The highest BCUT2D eigenvalue weighted by Crippen LogP contribution is 2.26. The lowest BCUT2D eigenvalue weighted by atomic mass is 10.0. The Morgan fingerprint density at radius 3 is 2.75 bits per heavy atom. The average Bonchev–Trinajstić information content (AvgIpc) is 2.86. The molecule has 2 unspecified atom stereocenters. The number of carbonyl (C=O) groups is 2. The number of ether oxygens (including phenoxy) is 1. The molecule has 0 bridgehead atoms. The van der Waals surface area contributed by atoms with E-state index in [9.17, 15) is 9.59 Å². The van der Waals surface area contributed by atoms with Gasteiger partial charge in [0.15, 0.2) is 0 Å². The molecule has 0 aliphatic heterocycles. The Kier molecular flexibility index (Phi) is 4.62. The highest BCUT2D eigenvalue weighted by atomic mass is 35.5. The SMILES string of the molecule is COC(=O)c1cc(NC(=O)C2CCCC2N)ccc1Cl. The van der Waals surface area contributed by atoms with Crippen molar-refractivity contribution in [1.82, 2.24) is 0 Å². The second-order valence-electron chi connectivity index (χ2n) is 4.88. The minimum Gasteiger partial charge on any atom is -0.465 e. The molecule has 1 aliphatic carbocycles. The number of methoxy groups -OCH3 is 1. The molecule has 108 valence electrons. The molecule has 2 atom stereocenters. The van der Waals surface area contributed by atoms with Crippen molar-refractivity contribution in [2.75, 3.05) is 12.4 Å². The molecule has 3 N–H and O–H groups in total. The first-order valence-corrected chi connectivity index (χ1v) is 6.85. The molecule has 2 rings (SSSR count). The molecule has 0 aromatic heterocycles. The number of hydrogen-bond donors (Lipinski definition) is 2. The van der Waals surface area contributed by atoms with E-state index >= 15 is 0 Å². The van der Waals surface area contributed by atoms with Gasteiger partial charge in [0.05, 0.1) is 23.6 Å². The monoisotopic (exact) mass is 296 g/mol. The molecule has 0 radical (unpaired) electrons. The summed E-state index contributed by atoms with van der Waals surface area (Å²) in [4.78, 5) is 23.7. The molecule has 1 fully saturated rings. The van der Waals surface area contributed by atoms with Crippen LogP contribution in [0.3, 0.4) is 0 Å². The van der Waals surface area contributed by atoms with Crippen molar-refractivity contribution < 1.29 is 14.3 Å². The number of anilines is 1. The third kappa shape index (κ3) is 3.11. The van der Waals surface area contributed by atoms with Crippen LogP contribution in [0, 0.1) is 5.92 Å². The van der Waals surface area contributed by atoms with Crippen LogP contribution in [0.25, 0.3) is 0 Å². The van der Waals surface area contributed by atoms with Crippen LogP contribution in [-0.4, -0.2) is 25.0 Å². The van der Waals surface area contributed by atoms with Gasteiger partial charge in [-0.2, -0.15) is 0 Å². The zero-order valence-electron chi connectivity index (χ0n) is 11.2. The van der Waals surface area contributed by atoms with Crippen molar-refractivity contribution in [2.24, 2.45) is 11.7 Å². The topological polar surface area (TPSA) is 81.4 Å². The second kappa shape index (κ2) is 6.24. The molecule has 0 heterocycles. The lowest BCUT2D eigenvalue weighted by molar-refractivity contribution is -0.120. The fourth-order valence-corrected chi connectivity index (χ4v) is 2.61. The van der Waals surface area contributed by atoms with Crippen molar-refractivity contribution in [3.8, 4) is 0 Å². The number of benzene rings is 1. The summed E-state index contributed by atoms with van der Waals surface area (Å²) in [5.41, 5.74) is 6.64. The van der Waals surface area contributed by atoms with Gasteiger partial charge in [-0.1, -0.05) is 18.0 Å². The Hall–Kier alpha value is -1.59. The summed E-state index contributed by atoms with van der Waals surface area (Å²) >= 11 is 5.92. The minimum absolute atomic E-state index is 0.0950. The molecule has 5 nitrogen and oxygen atoms in total. The van der Waals surface area contributed by atoms with E-state index in [0.717, 1.165) is 19.3 Å². The fourth-order valence-electron chi connectivity index (χ4n) is 2.42.